The quantitative estimate of drug-likeness (QED) is 0.678. The molecule has 3 heterocycles. The molecule has 0 bridgehead atoms. The van der Waals surface area contributed by atoms with Gasteiger partial charge in [-0.05, 0) is 56.2 Å². The Morgan fingerprint density at radius 3 is 2.45 bits per heavy atom. The summed E-state index contributed by atoms with van der Waals surface area (Å²) in [6.07, 6.45) is 3.96. The maximum atomic E-state index is 12.9. The maximum Gasteiger partial charge on any atom is 0.254 e. The van der Waals surface area contributed by atoms with Crippen molar-refractivity contribution in [3.8, 4) is 0 Å². The Morgan fingerprint density at radius 2 is 1.84 bits per heavy atom. The highest BCUT2D eigenvalue weighted by Crippen LogP contribution is 2.42. The number of carbonyl (C=O) groups excluding carboxylic acids is 2. The molecule has 3 atom stereocenters. The zero-order chi connectivity index (χ0) is 21.9. The smallest absolute Gasteiger partial charge is 0.254 e. The van der Waals surface area contributed by atoms with E-state index in [0.717, 1.165) is 18.2 Å². The van der Waals surface area contributed by atoms with Crippen molar-refractivity contribution in [3.05, 3.63) is 40.6 Å². The Bertz CT molecular complexity index is 932. The van der Waals surface area contributed by atoms with Crippen molar-refractivity contribution >= 4 is 17.5 Å². The number of hydrazine groups is 1. The molecule has 1 aliphatic carbocycles. The van der Waals surface area contributed by atoms with E-state index in [-0.39, 0.29) is 30.3 Å². The molecular weight excluding hydrogens is 392 g/mol. The number of hydrogen-bond donors (Lipinski definition) is 3. The second kappa shape index (κ2) is 7.62. The topological polar surface area (TPSA) is 80.0 Å². The number of rotatable bonds is 3. The summed E-state index contributed by atoms with van der Waals surface area (Å²) in [6.45, 7) is 10.0. The molecule has 2 amide bonds. The van der Waals surface area contributed by atoms with Gasteiger partial charge in [-0.25, -0.2) is 5.43 Å². The molecule has 3 aliphatic heterocycles. The van der Waals surface area contributed by atoms with E-state index >= 15 is 0 Å². The van der Waals surface area contributed by atoms with Gasteiger partial charge in [0.05, 0.1) is 11.3 Å². The fourth-order valence-electron chi connectivity index (χ4n) is 5.15. The Balaban J connectivity index is 1.32. The van der Waals surface area contributed by atoms with Gasteiger partial charge in [-0.2, -0.15) is 0 Å². The van der Waals surface area contributed by atoms with Crippen molar-refractivity contribution in [3.63, 3.8) is 0 Å². The van der Waals surface area contributed by atoms with E-state index in [0.29, 0.717) is 18.7 Å². The number of benzene rings is 1. The van der Waals surface area contributed by atoms with Crippen LogP contribution in [0.15, 0.2) is 23.9 Å². The van der Waals surface area contributed by atoms with E-state index < -0.39 is 0 Å². The number of piperazine rings is 1. The van der Waals surface area contributed by atoms with Crippen LogP contribution in [0.5, 0.6) is 0 Å². The number of anilines is 1. The SMILES string of the molecule is CC(=O)N1CCN(C2NC(=O)C3=CN(c4c(C)cc(C5CC5)cc4C)NC3N2)[C@H](C)C1. The second-order valence-corrected chi connectivity index (χ2v) is 9.39. The van der Waals surface area contributed by atoms with E-state index in [1.807, 2.05) is 16.1 Å². The molecule has 0 spiro atoms. The standard InChI is InChI=1S/C23H32N6O2/c1-13-9-18(17-5-6-17)10-14(2)20(13)29-12-19-21(26-29)24-23(25-22(19)31)28-8-7-27(16(4)30)11-15(28)3/h9-10,12,15,17,21,23-24,26H,5-8,11H2,1-4H3,(H,25,31)/t15-,21?,23?/m1/s1. The summed E-state index contributed by atoms with van der Waals surface area (Å²) in [5, 5.41) is 8.63. The lowest BCUT2D eigenvalue weighted by molar-refractivity contribution is -0.134. The number of amides is 2. The van der Waals surface area contributed by atoms with Gasteiger partial charge in [-0.1, -0.05) is 12.1 Å². The Kier molecular flexibility index (Phi) is 5.03. The van der Waals surface area contributed by atoms with E-state index in [1.165, 1.54) is 29.5 Å². The van der Waals surface area contributed by atoms with Crippen molar-refractivity contribution in [1.82, 2.24) is 25.9 Å². The molecule has 3 N–H and O–H groups in total. The van der Waals surface area contributed by atoms with Gasteiger partial charge in [0.25, 0.3) is 5.91 Å². The molecule has 8 nitrogen and oxygen atoms in total. The number of hydrogen-bond acceptors (Lipinski definition) is 6. The molecule has 5 rings (SSSR count). The van der Waals surface area contributed by atoms with Crippen LogP contribution in [0.25, 0.3) is 0 Å². The number of aryl methyl sites for hydroxylation is 2. The van der Waals surface area contributed by atoms with Gasteiger partial charge in [0.15, 0.2) is 0 Å². The van der Waals surface area contributed by atoms with Crippen LogP contribution in [0.4, 0.5) is 5.69 Å². The van der Waals surface area contributed by atoms with Crippen LogP contribution >= 0.6 is 0 Å². The maximum absolute atomic E-state index is 12.9. The minimum Gasteiger partial charge on any atom is -0.340 e. The minimum atomic E-state index is -0.273. The van der Waals surface area contributed by atoms with Crippen molar-refractivity contribution < 1.29 is 9.59 Å². The number of nitrogens with zero attached hydrogens (tertiary/aromatic N) is 3. The summed E-state index contributed by atoms with van der Waals surface area (Å²) in [5.74, 6) is 0.761. The zero-order valence-corrected chi connectivity index (χ0v) is 18.7. The molecule has 1 aromatic carbocycles. The number of carbonyl (C=O) groups is 2. The van der Waals surface area contributed by atoms with Crippen LogP contribution in [0.1, 0.15) is 49.3 Å². The van der Waals surface area contributed by atoms with E-state index in [4.69, 9.17) is 0 Å². The highest BCUT2D eigenvalue weighted by atomic mass is 16.2. The van der Waals surface area contributed by atoms with E-state index in [2.05, 4.69) is 53.9 Å². The van der Waals surface area contributed by atoms with Gasteiger partial charge in [-0.3, -0.25) is 24.8 Å². The van der Waals surface area contributed by atoms with Crippen molar-refractivity contribution in [2.75, 3.05) is 24.6 Å². The summed E-state index contributed by atoms with van der Waals surface area (Å²) in [5.41, 5.74) is 9.14. The first-order valence-corrected chi connectivity index (χ1v) is 11.3. The molecule has 2 saturated heterocycles. The Labute approximate surface area is 183 Å². The van der Waals surface area contributed by atoms with Gasteiger partial charge < -0.3 is 10.2 Å². The summed E-state index contributed by atoms with van der Waals surface area (Å²) < 4.78 is 0. The Hall–Kier alpha value is -2.42. The molecule has 8 heteroatoms. The number of nitrogens with one attached hydrogen (secondary N) is 3. The summed E-state index contributed by atoms with van der Waals surface area (Å²) in [7, 11) is 0. The van der Waals surface area contributed by atoms with Gasteiger partial charge >= 0.3 is 0 Å². The van der Waals surface area contributed by atoms with Crippen molar-refractivity contribution in [2.24, 2.45) is 0 Å². The van der Waals surface area contributed by atoms with E-state index in [1.54, 1.807) is 6.92 Å². The fraction of sp³-hybridized carbons (Fsp3) is 0.565. The third-order valence-corrected chi connectivity index (χ3v) is 6.96. The molecule has 31 heavy (non-hydrogen) atoms. The second-order valence-electron chi connectivity index (χ2n) is 9.39. The molecule has 1 aromatic rings. The summed E-state index contributed by atoms with van der Waals surface area (Å²) in [6, 6.07) is 4.72. The average molecular weight is 425 g/mol. The minimum absolute atomic E-state index is 0.0603. The largest absolute Gasteiger partial charge is 0.340 e. The van der Waals surface area contributed by atoms with Crippen LogP contribution in [-0.2, 0) is 9.59 Å². The van der Waals surface area contributed by atoms with Crippen LogP contribution < -0.4 is 21.1 Å². The highest BCUT2D eigenvalue weighted by Gasteiger charge is 2.41. The molecule has 2 unspecified atom stereocenters. The van der Waals surface area contributed by atoms with Crippen molar-refractivity contribution in [2.45, 2.75) is 65.0 Å². The number of fused-ring (bicyclic) bond motifs is 1. The average Bonchev–Trinajstić information content (AvgIpc) is 3.47. The third-order valence-electron chi connectivity index (χ3n) is 6.96. The van der Waals surface area contributed by atoms with Gasteiger partial charge in [0, 0.05) is 38.8 Å². The highest BCUT2D eigenvalue weighted by molar-refractivity contribution is 5.97. The van der Waals surface area contributed by atoms with Crippen LogP contribution in [-0.4, -0.2) is 59.7 Å². The summed E-state index contributed by atoms with van der Waals surface area (Å²) in [4.78, 5) is 28.7. The molecular formula is C23H32N6O2. The molecule has 166 valence electrons. The predicted octanol–water partition coefficient (Wildman–Crippen LogP) is 1.27. The van der Waals surface area contributed by atoms with Gasteiger partial charge in [0.1, 0.15) is 12.5 Å². The summed E-state index contributed by atoms with van der Waals surface area (Å²) >= 11 is 0. The monoisotopic (exact) mass is 424 g/mol. The molecule has 0 aromatic heterocycles. The lowest BCUT2D eigenvalue weighted by atomic mass is 10.0. The van der Waals surface area contributed by atoms with Crippen LogP contribution in [0, 0.1) is 13.8 Å². The van der Waals surface area contributed by atoms with Crippen LogP contribution in [0.2, 0.25) is 0 Å². The first kappa shape index (κ1) is 20.5. The third kappa shape index (κ3) is 3.73. The molecule has 1 saturated carbocycles. The fourth-order valence-corrected chi connectivity index (χ4v) is 5.15. The van der Waals surface area contributed by atoms with E-state index in [9.17, 15) is 9.59 Å². The first-order valence-electron chi connectivity index (χ1n) is 11.3. The first-order chi connectivity index (χ1) is 14.8. The van der Waals surface area contributed by atoms with Gasteiger partial charge in [-0.15, -0.1) is 0 Å². The molecule has 3 fully saturated rings. The van der Waals surface area contributed by atoms with Crippen LogP contribution in [0.3, 0.4) is 0 Å². The lowest BCUT2D eigenvalue weighted by Crippen LogP contribution is -2.71. The Morgan fingerprint density at radius 1 is 1.13 bits per heavy atom. The zero-order valence-electron chi connectivity index (χ0n) is 18.7. The predicted molar refractivity (Wildman–Crippen MR) is 119 cm³/mol. The molecule has 0 radical (unpaired) electrons. The van der Waals surface area contributed by atoms with Crippen molar-refractivity contribution in [1.29, 1.82) is 0 Å². The molecule has 4 aliphatic rings. The van der Waals surface area contributed by atoms with Gasteiger partial charge in [0.2, 0.25) is 5.91 Å². The lowest BCUT2D eigenvalue weighted by Gasteiger charge is -2.46. The normalized spacial score (nSPS) is 29.0.